The summed E-state index contributed by atoms with van der Waals surface area (Å²) in [7, 11) is 4.92. The van der Waals surface area contributed by atoms with Gasteiger partial charge in [-0.05, 0) is 42.5 Å². The van der Waals surface area contributed by atoms with Gasteiger partial charge in [0.25, 0.3) is 0 Å². The monoisotopic (exact) mass is 305 g/mol. The van der Waals surface area contributed by atoms with Crippen LogP contribution in [-0.2, 0) is 11.2 Å². The van der Waals surface area contributed by atoms with Crippen LogP contribution in [0.3, 0.4) is 0 Å². The van der Waals surface area contributed by atoms with Crippen molar-refractivity contribution >= 4 is 11.9 Å². The highest BCUT2D eigenvalue weighted by Crippen LogP contribution is 2.32. The summed E-state index contributed by atoms with van der Waals surface area (Å²) >= 11 is 0. The SMILES string of the molecule is COc1ccc2c(c1)CCC[C@H]2NC(=O)CNC(=O)N(C)C. The van der Waals surface area contributed by atoms with Gasteiger partial charge in [0.2, 0.25) is 5.91 Å². The minimum absolute atomic E-state index is 0.00147. The van der Waals surface area contributed by atoms with Gasteiger partial charge in [-0.2, -0.15) is 0 Å². The third kappa shape index (κ3) is 3.90. The number of rotatable bonds is 4. The summed E-state index contributed by atoms with van der Waals surface area (Å²) in [4.78, 5) is 24.8. The van der Waals surface area contributed by atoms with E-state index in [9.17, 15) is 9.59 Å². The van der Waals surface area contributed by atoms with E-state index >= 15 is 0 Å². The van der Waals surface area contributed by atoms with Gasteiger partial charge in [-0.3, -0.25) is 4.79 Å². The lowest BCUT2D eigenvalue weighted by atomic mass is 9.87. The summed E-state index contributed by atoms with van der Waals surface area (Å²) in [6.45, 7) is -0.0149. The molecule has 2 rings (SSSR count). The van der Waals surface area contributed by atoms with Crippen LogP contribution in [0.1, 0.15) is 30.0 Å². The minimum atomic E-state index is -0.274. The zero-order chi connectivity index (χ0) is 16.1. The molecule has 0 aliphatic heterocycles. The topological polar surface area (TPSA) is 70.7 Å². The molecule has 0 heterocycles. The Balaban J connectivity index is 1.97. The average Bonchev–Trinajstić information content (AvgIpc) is 2.52. The zero-order valence-electron chi connectivity index (χ0n) is 13.3. The van der Waals surface area contributed by atoms with E-state index in [1.165, 1.54) is 10.5 Å². The number of amides is 3. The predicted octanol–water partition coefficient (Wildman–Crippen LogP) is 1.46. The van der Waals surface area contributed by atoms with E-state index in [1.54, 1.807) is 21.2 Å². The smallest absolute Gasteiger partial charge is 0.317 e. The van der Waals surface area contributed by atoms with Gasteiger partial charge in [0.15, 0.2) is 0 Å². The van der Waals surface area contributed by atoms with Crippen LogP contribution in [0.4, 0.5) is 4.79 Å². The summed E-state index contributed by atoms with van der Waals surface area (Å²) in [6.07, 6.45) is 2.93. The molecule has 0 saturated carbocycles. The number of methoxy groups -OCH3 is 1. The maximum atomic E-state index is 12.0. The fraction of sp³-hybridized carbons (Fsp3) is 0.500. The molecule has 0 saturated heterocycles. The van der Waals surface area contributed by atoms with Crippen molar-refractivity contribution in [1.82, 2.24) is 15.5 Å². The summed E-state index contributed by atoms with van der Waals surface area (Å²) in [5, 5.41) is 5.56. The standard InChI is InChI=1S/C16H23N3O3/c1-19(2)16(21)17-10-15(20)18-14-6-4-5-11-9-12(22-3)7-8-13(11)14/h7-9,14H,4-6,10H2,1-3H3,(H,17,21)(H,18,20)/t14-/m1/s1. The Kier molecular flexibility index (Phi) is 5.25. The minimum Gasteiger partial charge on any atom is -0.497 e. The highest BCUT2D eigenvalue weighted by atomic mass is 16.5. The lowest BCUT2D eigenvalue weighted by Crippen LogP contribution is -2.42. The molecule has 0 aromatic heterocycles. The number of benzene rings is 1. The van der Waals surface area contributed by atoms with Crippen LogP contribution in [0.5, 0.6) is 5.75 Å². The second kappa shape index (κ2) is 7.15. The molecule has 1 aliphatic carbocycles. The molecule has 1 atom stereocenters. The van der Waals surface area contributed by atoms with Crippen molar-refractivity contribution in [1.29, 1.82) is 0 Å². The van der Waals surface area contributed by atoms with Gasteiger partial charge in [-0.25, -0.2) is 4.79 Å². The number of aryl methyl sites for hydroxylation is 1. The second-order valence-corrected chi connectivity index (χ2v) is 5.63. The zero-order valence-corrected chi connectivity index (χ0v) is 13.3. The molecule has 1 aromatic carbocycles. The Morgan fingerprint density at radius 2 is 2.14 bits per heavy atom. The van der Waals surface area contributed by atoms with Crippen LogP contribution in [-0.4, -0.2) is 44.6 Å². The normalized spacial score (nSPS) is 16.4. The van der Waals surface area contributed by atoms with E-state index < -0.39 is 0 Å². The van der Waals surface area contributed by atoms with Gasteiger partial charge >= 0.3 is 6.03 Å². The number of carbonyl (C=O) groups is 2. The maximum absolute atomic E-state index is 12.0. The molecule has 1 aliphatic rings. The molecule has 1 aromatic rings. The molecule has 0 bridgehead atoms. The summed E-state index contributed by atoms with van der Waals surface area (Å²) < 4.78 is 5.24. The molecule has 0 radical (unpaired) electrons. The summed E-state index contributed by atoms with van der Waals surface area (Å²) in [5.41, 5.74) is 2.35. The fourth-order valence-corrected chi connectivity index (χ4v) is 2.63. The number of carbonyl (C=O) groups excluding carboxylic acids is 2. The molecule has 22 heavy (non-hydrogen) atoms. The van der Waals surface area contributed by atoms with Crippen LogP contribution in [0.15, 0.2) is 18.2 Å². The first kappa shape index (κ1) is 16.1. The third-order valence-electron chi connectivity index (χ3n) is 3.81. The molecule has 6 heteroatoms. The van der Waals surface area contributed by atoms with Gasteiger partial charge < -0.3 is 20.3 Å². The van der Waals surface area contributed by atoms with E-state index in [4.69, 9.17) is 4.74 Å². The molecular formula is C16H23N3O3. The molecule has 120 valence electrons. The van der Waals surface area contributed by atoms with Crippen LogP contribution in [0.2, 0.25) is 0 Å². The van der Waals surface area contributed by atoms with Crippen molar-refractivity contribution in [2.45, 2.75) is 25.3 Å². The number of hydrogen-bond donors (Lipinski definition) is 2. The fourth-order valence-electron chi connectivity index (χ4n) is 2.63. The Hall–Kier alpha value is -2.24. The van der Waals surface area contributed by atoms with E-state index in [2.05, 4.69) is 10.6 Å². The Labute approximate surface area is 130 Å². The lowest BCUT2D eigenvalue weighted by Gasteiger charge is -2.27. The summed E-state index contributed by atoms with van der Waals surface area (Å²) in [6, 6.07) is 5.68. The van der Waals surface area contributed by atoms with Crippen molar-refractivity contribution in [2.24, 2.45) is 0 Å². The van der Waals surface area contributed by atoms with Crippen LogP contribution in [0.25, 0.3) is 0 Å². The number of fused-ring (bicyclic) bond motifs is 1. The molecule has 2 N–H and O–H groups in total. The quantitative estimate of drug-likeness (QED) is 0.885. The molecule has 3 amide bonds. The Bertz CT molecular complexity index is 558. The van der Waals surface area contributed by atoms with Gasteiger partial charge in [-0.1, -0.05) is 6.07 Å². The van der Waals surface area contributed by atoms with Crippen LogP contribution < -0.4 is 15.4 Å². The first-order valence-corrected chi connectivity index (χ1v) is 7.42. The number of urea groups is 1. The highest BCUT2D eigenvalue weighted by molar-refractivity contribution is 5.84. The van der Waals surface area contributed by atoms with E-state index in [-0.39, 0.29) is 24.5 Å². The van der Waals surface area contributed by atoms with Gasteiger partial charge in [0.1, 0.15) is 5.75 Å². The third-order valence-corrected chi connectivity index (χ3v) is 3.81. The largest absolute Gasteiger partial charge is 0.497 e. The van der Waals surface area contributed by atoms with E-state index in [0.717, 1.165) is 30.6 Å². The lowest BCUT2D eigenvalue weighted by molar-refractivity contribution is -0.120. The predicted molar refractivity (Wildman–Crippen MR) is 83.9 cm³/mol. The van der Waals surface area contributed by atoms with Gasteiger partial charge in [0, 0.05) is 14.1 Å². The number of hydrogen-bond acceptors (Lipinski definition) is 3. The number of nitrogens with one attached hydrogen (secondary N) is 2. The first-order chi connectivity index (χ1) is 10.5. The molecule has 0 spiro atoms. The highest BCUT2D eigenvalue weighted by Gasteiger charge is 2.22. The molecular weight excluding hydrogens is 282 g/mol. The van der Waals surface area contributed by atoms with Crippen molar-refractivity contribution in [3.05, 3.63) is 29.3 Å². The van der Waals surface area contributed by atoms with Gasteiger partial charge in [0.05, 0.1) is 19.7 Å². The maximum Gasteiger partial charge on any atom is 0.317 e. The van der Waals surface area contributed by atoms with Crippen molar-refractivity contribution < 1.29 is 14.3 Å². The Morgan fingerprint density at radius 1 is 1.36 bits per heavy atom. The van der Waals surface area contributed by atoms with Crippen LogP contribution in [0, 0.1) is 0 Å². The number of nitrogens with zero attached hydrogens (tertiary/aromatic N) is 1. The van der Waals surface area contributed by atoms with Crippen molar-refractivity contribution in [3.63, 3.8) is 0 Å². The average molecular weight is 305 g/mol. The van der Waals surface area contributed by atoms with E-state index in [0.29, 0.717) is 0 Å². The van der Waals surface area contributed by atoms with Crippen LogP contribution >= 0.6 is 0 Å². The molecule has 0 unspecified atom stereocenters. The van der Waals surface area contributed by atoms with E-state index in [1.807, 2.05) is 18.2 Å². The second-order valence-electron chi connectivity index (χ2n) is 5.63. The molecule has 6 nitrogen and oxygen atoms in total. The number of ether oxygens (including phenoxy) is 1. The van der Waals surface area contributed by atoms with Crippen molar-refractivity contribution in [2.75, 3.05) is 27.7 Å². The van der Waals surface area contributed by atoms with Crippen molar-refractivity contribution in [3.8, 4) is 5.75 Å². The molecule has 0 fully saturated rings. The summed E-state index contributed by atoms with van der Waals surface area (Å²) in [5.74, 6) is 0.660. The van der Waals surface area contributed by atoms with Gasteiger partial charge in [-0.15, -0.1) is 0 Å². The Morgan fingerprint density at radius 3 is 2.82 bits per heavy atom. The first-order valence-electron chi connectivity index (χ1n) is 7.42.